The molecule has 1 heterocycles. The Morgan fingerprint density at radius 1 is 0.394 bits per heavy atom. The SMILES string of the molecule is Fc1c(F)c(F)c([B-](c2c(F)c(F)c(F)c(F)c2F)(c2c(F)c(F)c(F)c(F)c2F)c2c(F)c(F)c(F)c(F)c2F)c(F)c1F.O=C(c1cccc[n+]1Cc1ccccc1)C1CCCCC1. The van der Waals surface area contributed by atoms with Crippen LogP contribution in [0.5, 0.6) is 0 Å². The first-order valence-electron chi connectivity index (χ1n) is 18.8. The second-order valence-electron chi connectivity index (χ2n) is 14.7. The summed E-state index contributed by atoms with van der Waals surface area (Å²) < 4.78 is 296. The summed E-state index contributed by atoms with van der Waals surface area (Å²) in [6.07, 6.45) is 0.582. The molecule has 0 spiro atoms. The molecule has 1 fully saturated rings. The molecule has 0 bridgehead atoms. The highest BCUT2D eigenvalue weighted by Crippen LogP contribution is 2.31. The normalized spacial score (nSPS) is 13.2. The number of ketones is 1. The fourth-order valence-electron chi connectivity index (χ4n) is 8.07. The number of halogens is 20. The Morgan fingerprint density at radius 3 is 1.00 bits per heavy atom. The second-order valence-corrected chi connectivity index (χ2v) is 14.7. The number of Topliss-reactive ketones (excluding diaryl/α,β-unsaturated/α-hetero) is 1. The van der Waals surface area contributed by atoms with Gasteiger partial charge in [0.05, 0.1) is 0 Å². The summed E-state index contributed by atoms with van der Waals surface area (Å²) in [5.41, 5.74) is -12.2. The average Bonchev–Trinajstić information content (AvgIpc) is 3.32. The van der Waals surface area contributed by atoms with Gasteiger partial charge in [-0.2, -0.15) is 4.57 Å². The maximum absolute atomic E-state index is 15.4. The van der Waals surface area contributed by atoms with E-state index >= 15 is 35.1 Å². The van der Waals surface area contributed by atoms with Gasteiger partial charge < -0.3 is 0 Å². The molecule has 0 atom stereocenters. The summed E-state index contributed by atoms with van der Waals surface area (Å²) in [7, 11) is 0. The molecular weight excluding hydrogens is 937 g/mol. The third kappa shape index (κ3) is 7.92. The largest absolute Gasteiger partial charge is 0.287 e. The molecule has 1 saturated carbocycles. The van der Waals surface area contributed by atoms with Crippen LogP contribution in [-0.2, 0) is 6.54 Å². The van der Waals surface area contributed by atoms with Crippen LogP contribution in [-0.4, -0.2) is 11.9 Å². The first-order chi connectivity index (χ1) is 31.0. The van der Waals surface area contributed by atoms with Gasteiger partial charge in [0.2, 0.25) is 11.5 Å². The Balaban J connectivity index is 0.000000284. The Hall–Kier alpha value is -6.42. The van der Waals surface area contributed by atoms with E-state index in [2.05, 4.69) is 16.7 Å². The first kappa shape index (κ1) is 49.0. The van der Waals surface area contributed by atoms with Crippen molar-refractivity contribution in [2.75, 3.05) is 0 Å². The van der Waals surface area contributed by atoms with Crippen molar-refractivity contribution < 1.29 is 97.2 Å². The molecule has 348 valence electrons. The van der Waals surface area contributed by atoms with Gasteiger partial charge in [-0.15, -0.1) is 21.9 Å². The molecule has 66 heavy (non-hydrogen) atoms. The summed E-state index contributed by atoms with van der Waals surface area (Å²) in [6.45, 7) is 0.759. The van der Waals surface area contributed by atoms with Crippen molar-refractivity contribution in [3.05, 3.63) is 182 Å². The number of rotatable bonds is 8. The predicted octanol–water partition coefficient (Wildman–Crippen LogP) is 9.63. The minimum Gasteiger partial charge on any atom is -0.287 e. The summed E-state index contributed by atoms with van der Waals surface area (Å²) in [5, 5.41) is 0. The zero-order valence-corrected chi connectivity index (χ0v) is 32.5. The lowest BCUT2D eigenvalue weighted by Gasteiger charge is -2.44. The number of aromatic nitrogens is 1. The number of carbonyl (C=O) groups excluding carboxylic acids is 1. The van der Waals surface area contributed by atoms with E-state index in [0.717, 1.165) is 25.1 Å². The molecule has 7 rings (SSSR count). The summed E-state index contributed by atoms with van der Waals surface area (Å²) >= 11 is 0. The Kier molecular flexibility index (Phi) is 14.0. The molecule has 5 aromatic carbocycles. The standard InChI is InChI=1S/C24BF20.C19H22NO/c26-5-1(6(27)14(35)21(42)13(5)34)25(2-7(28)15(36)22(43)16(37)8(2)29,3-9(30)17(38)23(44)18(39)10(3)31)4-11(32)19(40)24(45)20(41)12(4)33;21-19(17-11-5-2-6-12-17)18-13-7-8-14-20(18)15-16-9-3-1-4-10-16/h;1,3-4,7-10,13-14,17H,2,5-6,11-12,15H2/q-1;+1. The molecule has 1 aromatic heterocycles. The molecule has 0 aliphatic heterocycles. The Labute approximate surface area is 357 Å². The molecule has 0 radical (unpaired) electrons. The van der Waals surface area contributed by atoms with Crippen LogP contribution in [0, 0.1) is 122 Å². The van der Waals surface area contributed by atoms with E-state index in [0.29, 0.717) is 5.78 Å². The number of nitrogens with zero attached hydrogens (tertiary/aromatic N) is 1. The average molecular weight is 959 g/mol. The van der Waals surface area contributed by atoms with Gasteiger partial charge in [0.25, 0.3) is 0 Å². The lowest BCUT2D eigenvalue weighted by Crippen LogP contribution is -2.81. The first-order valence-corrected chi connectivity index (χ1v) is 18.8. The third-order valence-corrected chi connectivity index (χ3v) is 11.1. The number of pyridine rings is 1. The molecule has 0 unspecified atom stereocenters. The van der Waals surface area contributed by atoms with Crippen molar-refractivity contribution in [1.29, 1.82) is 0 Å². The molecular formula is C43H22BF20NO. The molecule has 23 heteroatoms. The van der Waals surface area contributed by atoms with Gasteiger partial charge >= 0.3 is 0 Å². The highest BCUT2D eigenvalue weighted by atomic mass is 19.2. The van der Waals surface area contributed by atoms with Crippen molar-refractivity contribution in [1.82, 2.24) is 0 Å². The predicted molar refractivity (Wildman–Crippen MR) is 192 cm³/mol. The van der Waals surface area contributed by atoms with E-state index in [1.165, 1.54) is 24.8 Å². The number of benzene rings is 5. The van der Waals surface area contributed by atoms with Crippen LogP contribution >= 0.6 is 0 Å². The molecule has 1 aliphatic rings. The topological polar surface area (TPSA) is 20.9 Å². The van der Waals surface area contributed by atoms with Crippen molar-refractivity contribution >= 4 is 33.8 Å². The molecule has 0 saturated heterocycles. The van der Waals surface area contributed by atoms with Gasteiger partial charge in [-0.25, -0.2) is 87.8 Å². The van der Waals surface area contributed by atoms with E-state index < -0.39 is 144 Å². The number of carbonyl (C=O) groups is 1. The van der Waals surface area contributed by atoms with Gasteiger partial charge in [-0.3, -0.25) is 4.79 Å². The van der Waals surface area contributed by atoms with Gasteiger partial charge in [-0.1, -0.05) is 49.6 Å². The summed E-state index contributed by atoms with van der Waals surface area (Å²) in [4.78, 5) is 12.8. The van der Waals surface area contributed by atoms with E-state index in [4.69, 9.17) is 0 Å². The summed E-state index contributed by atoms with van der Waals surface area (Å²) in [5.74, 6) is -70.9. The van der Waals surface area contributed by atoms with Crippen LogP contribution < -0.4 is 26.4 Å². The number of hydrogen-bond donors (Lipinski definition) is 0. The van der Waals surface area contributed by atoms with Crippen molar-refractivity contribution in [2.24, 2.45) is 5.92 Å². The van der Waals surface area contributed by atoms with E-state index in [-0.39, 0.29) is 5.92 Å². The molecule has 2 nitrogen and oxygen atoms in total. The Bertz CT molecular complexity index is 2520. The molecule has 1 aliphatic carbocycles. The van der Waals surface area contributed by atoms with Crippen LogP contribution in [0.1, 0.15) is 48.2 Å². The zero-order chi connectivity index (χ0) is 48.8. The van der Waals surface area contributed by atoms with Gasteiger partial charge in [0, 0.05) is 23.6 Å². The highest BCUT2D eigenvalue weighted by molar-refractivity contribution is 7.20. The van der Waals surface area contributed by atoms with Crippen LogP contribution in [0.15, 0.2) is 54.7 Å². The highest BCUT2D eigenvalue weighted by Gasteiger charge is 2.52. The fourth-order valence-corrected chi connectivity index (χ4v) is 8.07. The van der Waals surface area contributed by atoms with Crippen LogP contribution in [0.25, 0.3) is 0 Å². The fraction of sp³-hybridized carbons (Fsp3) is 0.163. The smallest absolute Gasteiger partial charge is 0.249 e. The molecule has 0 N–H and O–H groups in total. The lowest BCUT2D eigenvalue weighted by molar-refractivity contribution is -0.690. The maximum Gasteiger partial charge on any atom is 0.249 e. The minimum atomic E-state index is -7.22. The third-order valence-electron chi connectivity index (χ3n) is 11.1. The van der Waals surface area contributed by atoms with Crippen molar-refractivity contribution in [3.63, 3.8) is 0 Å². The van der Waals surface area contributed by atoms with E-state index in [1.54, 1.807) is 0 Å². The monoisotopic (exact) mass is 959 g/mol. The molecule has 6 aromatic rings. The zero-order valence-electron chi connectivity index (χ0n) is 32.5. The van der Waals surface area contributed by atoms with E-state index in [1.807, 2.05) is 42.6 Å². The van der Waals surface area contributed by atoms with Crippen LogP contribution in [0.2, 0.25) is 0 Å². The van der Waals surface area contributed by atoms with Crippen LogP contribution in [0.4, 0.5) is 87.8 Å². The molecule has 0 amide bonds. The maximum atomic E-state index is 15.4. The van der Waals surface area contributed by atoms with Gasteiger partial charge in [0.1, 0.15) is 52.7 Å². The quantitative estimate of drug-likeness (QED) is 0.0372. The second kappa shape index (κ2) is 18.8. The van der Waals surface area contributed by atoms with Gasteiger partial charge in [-0.05, 0) is 18.9 Å². The van der Waals surface area contributed by atoms with E-state index in [9.17, 15) is 57.5 Å². The van der Waals surface area contributed by atoms with Gasteiger partial charge in [0.15, 0.2) is 82.5 Å². The minimum absolute atomic E-state index is 0.225. The van der Waals surface area contributed by atoms with Crippen molar-refractivity contribution in [2.45, 2.75) is 38.6 Å². The van der Waals surface area contributed by atoms with Crippen LogP contribution in [0.3, 0.4) is 0 Å². The van der Waals surface area contributed by atoms with Crippen molar-refractivity contribution in [3.8, 4) is 0 Å². The lowest BCUT2D eigenvalue weighted by atomic mass is 9.12. The summed E-state index contributed by atoms with van der Waals surface area (Å²) in [6, 6.07) is 16.3. The number of hydrogen-bond acceptors (Lipinski definition) is 1. The Morgan fingerprint density at radius 2 is 0.682 bits per heavy atom.